The van der Waals surface area contributed by atoms with E-state index in [-0.39, 0.29) is 41.7 Å². The Morgan fingerprint density at radius 1 is 0.686 bits per heavy atom. The first-order valence-corrected chi connectivity index (χ1v) is 15.4. The van der Waals surface area contributed by atoms with E-state index in [2.05, 4.69) is 26.6 Å². The zero-order valence-corrected chi connectivity index (χ0v) is 27.7. The van der Waals surface area contributed by atoms with Gasteiger partial charge in [-0.25, -0.2) is 22.4 Å². The zero-order valence-electron chi connectivity index (χ0n) is 26.9. The predicted molar refractivity (Wildman–Crippen MR) is 180 cm³/mol. The summed E-state index contributed by atoms with van der Waals surface area (Å²) in [6.07, 6.45) is 0. The van der Waals surface area contributed by atoms with Crippen LogP contribution in [0.5, 0.6) is 11.5 Å². The molecule has 2 atom stereocenters. The van der Waals surface area contributed by atoms with Gasteiger partial charge in [0.15, 0.2) is 23.3 Å². The number of nitrogens with one attached hydrogen (secondary N) is 5. The van der Waals surface area contributed by atoms with Crippen molar-refractivity contribution in [1.82, 2.24) is 16.0 Å². The Bertz CT molecular complexity index is 1950. The van der Waals surface area contributed by atoms with Gasteiger partial charge in [0.1, 0.15) is 24.7 Å². The van der Waals surface area contributed by atoms with E-state index in [1.165, 1.54) is 26.2 Å². The van der Waals surface area contributed by atoms with Crippen LogP contribution in [0.3, 0.4) is 0 Å². The molecule has 0 saturated heterocycles. The maximum absolute atomic E-state index is 13.3. The molecule has 0 saturated carbocycles. The molecule has 0 radical (unpaired) electrons. The Kier molecular flexibility index (Phi) is 12.8. The summed E-state index contributed by atoms with van der Waals surface area (Å²) in [4.78, 5) is 45.6. The molecule has 6 rings (SSSR count). The lowest BCUT2D eigenvalue weighted by atomic mass is 10.0. The van der Waals surface area contributed by atoms with Crippen molar-refractivity contribution < 1.29 is 46.2 Å². The number of para-hydroxylation sites is 2. The van der Waals surface area contributed by atoms with Gasteiger partial charge in [-0.15, -0.1) is 0 Å². The van der Waals surface area contributed by atoms with E-state index in [1.807, 2.05) is 0 Å². The molecule has 0 aromatic heterocycles. The minimum absolute atomic E-state index is 0.125. The number of nitrogens with two attached hydrogens (primary N) is 1. The summed E-state index contributed by atoms with van der Waals surface area (Å²) in [5.74, 6) is -4.25. The highest BCUT2D eigenvalue weighted by atomic mass is 35.5. The molecular weight excluding hydrogens is 700 g/mol. The number of hydrogen-bond acceptors (Lipinski definition) is 7. The molecule has 0 bridgehead atoms. The number of ether oxygens (including phenoxy) is 2. The van der Waals surface area contributed by atoms with Crippen LogP contribution in [0.1, 0.15) is 43.9 Å². The van der Waals surface area contributed by atoms with Gasteiger partial charge >= 0.3 is 11.4 Å². The van der Waals surface area contributed by atoms with E-state index >= 15 is 0 Å². The molecule has 2 heterocycles. The first-order valence-electron chi connectivity index (χ1n) is 15.0. The summed E-state index contributed by atoms with van der Waals surface area (Å²) in [7, 11) is 2.97. The molecule has 17 heteroatoms. The van der Waals surface area contributed by atoms with Gasteiger partial charge in [0, 0.05) is 48.7 Å². The summed E-state index contributed by atoms with van der Waals surface area (Å²) in [6, 6.07) is 15.3. The van der Waals surface area contributed by atoms with Crippen LogP contribution in [0.15, 0.2) is 72.8 Å². The molecule has 7 N–H and O–H groups in total. The van der Waals surface area contributed by atoms with Gasteiger partial charge in [-0.2, -0.15) is 0 Å². The van der Waals surface area contributed by atoms with Crippen LogP contribution in [0.25, 0.3) is 0 Å². The smallest absolute Gasteiger partial charge is 0.315 e. The monoisotopic (exact) mass is 730 g/mol. The number of rotatable bonds is 5. The van der Waals surface area contributed by atoms with E-state index in [4.69, 9.17) is 26.8 Å². The van der Waals surface area contributed by atoms with Gasteiger partial charge < -0.3 is 41.8 Å². The fourth-order valence-corrected chi connectivity index (χ4v) is 4.77. The molecule has 5 amide bonds. The first-order chi connectivity index (χ1) is 24.3. The summed E-state index contributed by atoms with van der Waals surface area (Å²) in [5.41, 5.74) is 8.12. The van der Waals surface area contributed by atoms with Crippen molar-refractivity contribution in [3.05, 3.63) is 118 Å². The maximum Gasteiger partial charge on any atom is 0.315 e. The van der Waals surface area contributed by atoms with Gasteiger partial charge in [-0.05, 0) is 48.0 Å². The molecule has 4 aromatic rings. The molecule has 0 aliphatic carbocycles. The van der Waals surface area contributed by atoms with Crippen LogP contribution in [0.2, 0.25) is 0 Å². The molecule has 4 aromatic carbocycles. The number of halogens is 5. The van der Waals surface area contributed by atoms with Crippen molar-refractivity contribution in [1.29, 1.82) is 0 Å². The lowest BCUT2D eigenvalue weighted by Crippen LogP contribution is -2.36. The van der Waals surface area contributed by atoms with Crippen molar-refractivity contribution in [2.45, 2.75) is 12.1 Å². The highest BCUT2D eigenvalue weighted by molar-refractivity contribution is 6.62. The standard InChI is InChI=1S/C17H15F2N3O3.C15H12F2N2O2.C2H4ClNO/c1-20-17(24)22-14-8-25-15-10(14)3-2-4-11(15)16(23)21-9-5-6-12(18)13(19)7-9;16-11-5-4-8(6-12(11)17)19-15(20)10-3-1-2-9-13(18)7-21-14(9)10;1-4-2(3)5/h2-7,14H,8H2,1H3,(H,21,23)(H2,20,22,24);1-6,13H,7,18H2,(H,19,20);1H3,(H,4,5). The fraction of sp³-hybridized carbons (Fsp3) is 0.176. The second-order valence-corrected chi connectivity index (χ2v) is 11.0. The van der Waals surface area contributed by atoms with Crippen molar-refractivity contribution in [3.8, 4) is 11.5 Å². The van der Waals surface area contributed by atoms with Gasteiger partial charge in [0.25, 0.3) is 11.8 Å². The summed E-state index contributed by atoms with van der Waals surface area (Å²) < 4.78 is 63.2. The third-order valence-electron chi connectivity index (χ3n) is 7.24. The number of benzene rings is 4. The lowest BCUT2D eigenvalue weighted by molar-refractivity contribution is 0.101. The van der Waals surface area contributed by atoms with E-state index < -0.39 is 40.4 Å². The van der Waals surface area contributed by atoms with Crippen LogP contribution < -0.4 is 41.8 Å². The highest BCUT2D eigenvalue weighted by Gasteiger charge is 2.30. The molecule has 12 nitrogen and oxygen atoms in total. The average Bonchev–Trinajstić information content (AvgIpc) is 3.71. The molecule has 51 heavy (non-hydrogen) atoms. The Morgan fingerprint density at radius 2 is 1.16 bits per heavy atom. The molecular formula is C34H31ClF4N6O6. The van der Waals surface area contributed by atoms with Crippen LogP contribution in [0.4, 0.5) is 38.5 Å². The molecule has 268 valence electrons. The number of hydrogen-bond donors (Lipinski definition) is 6. The second kappa shape index (κ2) is 17.2. The van der Waals surface area contributed by atoms with E-state index in [1.54, 1.807) is 36.4 Å². The third-order valence-corrected chi connectivity index (χ3v) is 7.43. The fourth-order valence-electron chi connectivity index (χ4n) is 4.77. The Hall–Kier alpha value is -5.87. The number of fused-ring (bicyclic) bond motifs is 2. The van der Waals surface area contributed by atoms with Crippen molar-refractivity contribution in [3.63, 3.8) is 0 Å². The van der Waals surface area contributed by atoms with Crippen LogP contribution in [-0.2, 0) is 0 Å². The predicted octanol–water partition coefficient (Wildman–Crippen LogP) is 5.75. The number of amides is 5. The third kappa shape index (κ3) is 9.64. The van der Waals surface area contributed by atoms with Crippen molar-refractivity contribution >= 4 is 46.2 Å². The van der Waals surface area contributed by atoms with Gasteiger partial charge in [0.2, 0.25) is 0 Å². The lowest BCUT2D eigenvalue weighted by Gasteiger charge is -2.11. The van der Waals surface area contributed by atoms with Crippen molar-refractivity contribution in [2.24, 2.45) is 5.73 Å². The van der Waals surface area contributed by atoms with Gasteiger partial charge in [-0.3, -0.25) is 14.4 Å². The normalized spacial score (nSPS) is 14.7. The Labute approximate surface area is 293 Å². The van der Waals surface area contributed by atoms with Crippen LogP contribution in [-0.4, -0.2) is 50.5 Å². The SMILES string of the molecule is CNC(=O)Cl.CNC(=O)NC1COc2c(C(=O)Nc3ccc(F)c(F)c3)cccc21.NC1COc2c(C(=O)Nc3ccc(F)c(F)c3)cccc21. The Morgan fingerprint density at radius 3 is 1.63 bits per heavy atom. The van der Waals surface area contributed by atoms with E-state index in [0.717, 1.165) is 29.8 Å². The molecule has 2 aliphatic rings. The largest absolute Gasteiger partial charge is 0.490 e. The van der Waals surface area contributed by atoms with E-state index in [0.29, 0.717) is 29.2 Å². The molecule has 0 spiro atoms. The first kappa shape index (κ1) is 37.9. The summed E-state index contributed by atoms with van der Waals surface area (Å²) in [6.45, 7) is 0.503. The molecule has 2 aliphatic heterocycles. The number of anilines is 2. The number of urea groups is 1. The number of carbonyl (C=O) groups is 4. The quantitative estimate of drug-likeness (QED) is 0.0862. The van der Waals surface area contributed by atoms with Gasteiger partial charge in [0.05, 0.1) is 23.2 Å². The maximum atomic E-state index is 13.3. The Balaban J connectivity index is 0.000000204. The number of carbonyl (C=O) groups excluding carboxylic acids is 4. The summed E-state index contributed by atoms with van der Waals surface area (Å²) in [5, 5.41) is 11.8. The minimum atomic E-state index is -1.05. The summed E-state index contributed by atoms with van der Waals surface area (Å²) >= 11 is 4.71. The molecule has 2 unspecified atom stereocenters. The highest BCUT2D eigenvalue weighted by Crippen LogP contribution is 2.36. The van der Waals surface area contributed by atoms with E-state index in [9.17, 15) is 36.7 Å². The second-order valence-electron chi connectivity index (χ2n) is 10.6. The topological polar surface area (TPSA) is 173 Å². The minimum Gasteiger partial charge on any atom is -0.490 e. The average molecular weight is 731 g/mol. The van der Waals surface area contributed by atoms with Crippen LogP contribution in [0, 0.1) is 23.3 Å². The van der Waals surface area contributed by atoms with Crippen molar-refractivity contribution in [2.75, 3.05) is 37.9 Å². The van der Waals surface area contributed by atoms with Crippen LogP contribution >= 0.6 is 11.6 Å². The van der Waals surface area contributed by atoms with Gasteiger partial charge in [-0.1, -0.05) is 24.3 Å². The molecule has 0 fully saturated rings. The zero-order chi connectivity index (χ0) is 37.2.